The first-order valence-electron chi connectivity index (χ1n) is 8.53. The molecule has 4 rings (SSSR count). The van der Waals surface area contributed by atoms with E-state index in [-0.39, 0.29) is 6.04 Å². The largest absolute Gasteiger partial charge is 0.391 e. The van der Waals surface area contributed by atoms with Crippen molar-refractivity contribution >= 4 is 17.4 Å². The molecular weight excluding hydrogens is 354 g/mol. The second-order valence-electron chi connectivity index (χ2n) is 6.68. The fraction of sp³-hybridized carbons (Fsp3) is 0.412. The van der Waals surface area contributed by atoms with Crippen LogP contribution < -0.4 is 5.32 Å². The van der Waals surface area contributed by atoms with E-state index >= 15 is 0 Å². The highest BCUT2D eigenvalue weighted by atomic mass is 35.5. The van der Waals surface area contributed by atoms with E-state index in [9.17, 15) is 5.11 Å². The first-order chi connectivity index (χ1) is 12.6. The molecule has 3 atom stereocenters. The van der Waals surface area contributed by atoms with Crippen LogP contribution in [0.2, 0.25) is 5.02 Å². The average molecular weight is 374 g/mol. The lowest BCUT2D eigenvalue weighted by Gasteiger charge is -2.16. The van der Waals surface area contributed by atoms with Gasteiger partial charge in [-0.05, 0) is 37.0 Å². The Balaban J connectivity index is 1.38. The standard InChI is InChI=1S/C17H20ClN7O/c1-24-15(4-5-19-24)13-2-3-17(23-22-13)21-14-6-11(7-16(14)26)9-25-10-12(18)8-20-25/h2-5,8,10-11,14,16,26H,6-7,9H2,1H3,(H,21,23)/t11?,14-,16-/m1/s1. The number of aliphatic hydroxyl groups is 1. The summed E-state index contributed by atoms with van der Waals surface area (Å²) in [6.07, 6.45) is 6.29. The summed E-state index contributed by atoms with van der Waals surface area (Å²) in [5, 5.41) is 31.1. The van der Waals surface area contributed by atoms with E-state index < -0.39 is 6.10 Å². The molecule has 1 saturated carbocycles. The molecule has 0 bridgehead atoms. The third-order valence-electron chi connectivity index (χ3n) is 4.75. The van der Waals surface area contributed by atoms with Crippen LogP contribution in [0.5, 0.6) is 0 Å². The molecule has 2 N–H and O–H groups in total. The Kier molecular flexibility index (Phi) is 4.60. The molecule has 9 heteroatoms. The minimum absolute atomic E-state index is 0.0529. The van der Waals surface area contributed by atoms with E-state index in [0.29, 0.717) is 16.8 Å². The Morgan fingerprint density at radius 2 is 2.12 bits per heavy atom. The number of halogens is 1. The van der Waals surface area contributed by atoms with Crippen molar-refractivity contribution in [3.63, 3.8) is 0 Å². The van der Waals surface area contributed by atoms with Crippen molar-refractivity contribution in [2.24, 2.45) is 13.0 Å². The summed E-state index contributed by atoms with van der Waals surface area (Å²) in [7, 11) is 1.87. The molecule has 1 unspecified atom stereocenters. The zero-order chi connectivity index (χ0) is 18.1. The number of aromatic nitrogens is 6. The minimum atomic E-state index is -0.426. The number of anilines is 1. The summed E-state index contributed by atoms with van der Waals surface area (Å²) < 4.78 is 3.58. The van der Waals surface area contributed by atoms with Gasteiger partial charge in [-0.25, -0.2) is 0 Å². The van der Waals surface area contributed by atoms with Crippen LogP contribution in [-0.2, 0) is 13.6 Å². The van der Waals surface area contributed by atoms with Gasteiger partial charge >= 0.3 is 0 Å². The minimum Gasteiger partial charge on any atom is -0.391 e. The van der Waals surface area contributed by atoms with Gasteiger partial charge in [-0.1, -0.05) is 11.6 Å². The molecule has 3 aromatic rings. The van der Waals surface area contributed by atoms with Gasteiger partial charge in [-0.3, -0.25) is 9.36 Å². The lowest BCUT2D eigenvalue weighted by atomic mass is 10.1. The van der Waals surface area contributed by atoms with Crippen LogP contribution in [0, 0.1) is 5.92 Å². The molecular formula is C17H20ClN7O. The second-order valence-corrected chi connectivity index (χ2v) is 7.12. The Morgan fingerprint density at radius 3 is 2.77 bits per heavy atom. The lowest BCUT2D eigenvalue weighted by molar-refractivity contribution is 0.166. The Labute approximate surface area is 155 Å². The van der Waals surface area contributed by atoms with Crippen molar-refractivity contribution in [3.8, 4) is 11.4 Å². The van der Waals surface area contributed by atoms with E-state index in [1.54, 1.807) is 23.3 Å². The second kappa shape index (κ2) is 7.05. The highest BCUT2D eigenvalue weighted by Gasteiger charge is 2.33. The van der Waals surface area contributed by atoms with Crippen molar-refractivity contribution in [2.75, 3.05) is 5.32 Å². The van der Waals surface area contributed by atoms with Gasteiger partial charge in [0, 0.05) is 26.0 Å². The smallest absolute Gasteiger partial charge is 0.148 e. The summed E-state index contributed by atoms with van der Waals surface area (Å²) in [5.74, 6) is 0.989. The van der Waals surface area contributed by atoms with E-state index in [4.69, 9.17) is 11.6 Å². The number of hydrogen-bond donors (Lipinski definition) is 2. The molecule has 8 nitrogen and oxygen atoms in total. The predicted octanol–water partition coefficient (Wildman–Crippen LogP) is 1.98. The molecule has 0 aromatic carbocycles. The lowest BCUT2D eigenvalue weighted by Crippen LogP contribution is -2.28. The number of aryl methyl sites for hydroxylation is 1. The van der Waals surface area contributed by atoms with Crippen LogP contribution in [0.15, 0.2) is 36.8 Å². The summed E-state index contributed by atoms with van der Waals surface area (Å²) in [6, 6.07) is 5.62. The molecule has 3 aromatic heterocycles. The molecule has 3 heterocycles. The molecule has 0 saturated heterocycles. The molecule has 1 aliphatic carbocycles. The van der Waals surface area contributed by atoms with E-state index in [1.807, 2.05) is 29.9 Å². The molecule has 1 aliphatic rings. The maximum Gasteiger partial charge on any atom is 0.148 e. The third kappa shape index (κ3) is 3.56. The highest BCUT2D eigenvalue weighted by Crippen LogP contribution is 2.30. The zero-order valence-corrected chi connectivity index (χ0v) is 15.1. The average Bonchev–Trinajstić information content (AvgIpc) is 3.31. The van der Waals surface area contributed by atoms with Gasteiger partial charge in [0.05, 0.1) is 29.1 Å². The summed E-state index contributed by atoms with van der Waals surface area (Å²) in [5.41, 5.74) is 1.67. The Morgan fingerprint density at radius 1 is 1.23 bits per heavy atom. The van der Waals surface area contributed by atoms with Gasteiger partial charge < -0.3 is 10.4 Å². The third-order valence-corrected chi connectivity index (χ3v) is 4.95. The van der Waals surface area contributed by atoms with Gasteiger partial charge in [-0.15, -0.1) is 10.2 Å². The first kappa shape index (κ1) is 17.0. The fourth-order valence-electron chi connectivity index (χ4n) is 3.49. The molecule has 26 heavy (non-hydrogen) atoms. The quantitative estimate of drug-likeness (QED) is 0.710. The number of hydrogen-bond acceptors (Lipinski definition) is 6. The van der Waals surface area contributed by atoms with Crippen LogP contribution in [0.1, 0.15) is 12.8 Å². The van der Waals surface area contributed by atoms with Gasteiger partial charge in [0.15, 0.2) is 0 Å². The van der Waals surface area contributed by atoms with Crippen molar-refractivity contribution in [1.82, 2.24) is 29.8 Å². The van der Waals surface area contributed by atoms with Crippen LogP contribution in [0.4, 0.5) is 5.82 Å². The van der Waals surface area contributed by atoms with Gasteiger partial charge in [0.2, 0.25) is 0 Å². The van der Waals surface area contributed by atoms with Gasteiger partial charge in [-0.2, -0.15) is 10.2 Å². The Bertz CT molecular complexity index is 875. The molecule has 0 amide bonds. The maximum absolute atomic E-state index is 10.4. The first-order valence-corrected chi connectivity index (χ1v) is 8.91. The van der Waals surface area contributed by atoms with Crippen molar-refractivity contribution in [2.45, 2.75) is 31.5 Å². The van der Waals surface area contributed by atoms with Crippen molar-refractivity contribution < 1.29 is 5.11 Å². The van der Waals surface area contributed by atoms with Gasteiger partial charge in [0.1, 0.15) is 11.5 Å². The summed E-state index contributed by atoms with van der Waals surface area (Å²) in [6.45, 7) is 0.743. The molecule has 1 fully saturated rings. The monoisotopic (exact) mass is 373 g/mol. The molecule has 0 spiro atoms. The molecule has 136 valence electrons. The van der Waals surface area contributed by atoms with Gasteiger partial charge in [0.25, 0.3) is 0 Å². The normalized spacial score (nSPS) is 22.7. The Hall–Kier alpha value is -2.45. The summed E-state index contributed by atoms with van der Waals surface area (Å²) >= 11 is 5.90. The number of nitrogens with one attached hydrogen (secondary N) is 1. The van der Waals surface area contributed by atoms with E-state index in [0.717, 1.165) is 30.8 Å². The maximum atomic E-state index is 10.4. The molecule has 0 radical (unpaired) electrons. The fourth-order valence-corrected chi connectivity index (χ4v) is 3.64. The number of aliphatic hydroxyl groups excluding tert-OH is 1. The van der Waals surface area contributed by atoms with Crippen LogP contribution in [0.25, 0.3) is 11.4 Å². The number of rotatable bonds is 5. The van der Waals surface area contributed by atoms with Crippen LogP contribution in [-0.4, -0.2) is 47.0 Å². The highest BCUT2D eigenvalue weighted by molar-refractivity contribution is 6.30. The van der Waals surface area contributed by atoms with E-state index in [1.165, 1.54) is 0 Å². The van der Waals surface area contributed by atoms with Crippen LogP contribution >= 0.6 is 11.6 Å². The van der Waals surface area contributed by atoms with E-state index in [2.05, 4.69) is 25.7 Å². The summed E-state index contributed by atoms with van der Waals surface area (Å²) in [4.78, 5) is 0. The number of nitrogens with zero attached hydrogens (tertiary/aromatic N) is 6. The van der Waals surface area contributed by atoms with Crippen molar-refractivity contribution in [3.05, 3.63) is 41.8 Å². The zero-order valence-electron chi connectivity index (χ0n) is 14.3. The predicted molar refractivity (Wildman–Crippen MR) is 97.6 cm³/mol. The van der Waals surface area contributed by atoms with Crippen molar-refractivity contribution in [1.29, 1.82) is 0 Å². The van der Waals surface area contributed by atoms with Crippen LogP contribution in [0.3, 0.4) is 0 Å². The SMILES string of the molecule is Cn1nccc1-c1ccc(N[C@@H]2CC(Cn3cc(Cl)cn3)C[C@H]2O)nn1. The molecule has 0 aliphatic heterocycles. The topological polar surface area (TPSA) is 93.7 Å².